The Balaban J connectivity index is 1.85. The van der Waals surface area contributed by atoms with Gasteiger partial charge in [0.15, 0.2) is 11.5 Å². The fourth-order valence-corrected chi connectivity index (χ4v) is 4.61. The lowest BCUT2D eigenvalue weighted by Crippen LogP contribution is -2.38. The minimum absolute atomic E-state index is 0.0876. The van der Waals surface area contributed by atoms with Crippen molar-refractivity contribution < 1.29 is 14.4 Å². The largest absolute Gasteiger partial charge is 0.493 e. The van der Waals surface area contributed by atoms with Crippen molar-refractivity contribution in [3.8, 4) is 11.5 Å². The number of hydrogen-bond acceptors (Lipinski definition) is 4. The molecule has 0 spiro atoms. The molecule has 4 rings (SSSR count). The van der Waals surface area contributed by atoms with Crippen LogP contribution in [0.3, 0.4) is 0 Å². The molecule has 5 nitrogen and oxygen atoms in total. The molecule has 0 bridgehead atoms. The number of allylic oxidation sites excluding steroid dienone is 1. The van der Waals surface area contributed by atoms with E-state index in [9.17, 15) is 10.1 Å². The third-order valence-electron chi connectivity index (χ3n) is 6.05. The zero-order valence-corrected chi connectivity index (χ0v) is 17.5. The van der Waals surface area contributed by atoms with Gasteiger partial charge >= 0.3 is 0 Å². The molecule has 4 atom stereocenters. The molecule has 0 aromatic heterocycles. The molecule has 158 valence electrons. The van der Waals surface area contributed by atoms with Gasteiger partial charge in [0, 0.05) is 10.8 Å². The average Bonchev–Trinajstić information content (AvgIpc) is 2.83. The molecular formula is C26H25NO4. The Kier molecular flexibility index (Phi) is 6.03. The minimum atomic E-state index is -0.823. The summed E-state index contributed by atoms with van der Waals surface area (Å²) < 4.78 is 10.8. The van der Waals surface area contributed by atoms with E-state index in [1.165, 1.54) is 0 Å². The molecule has 5 heteroatoms. The minimum Gasteiger partial charge on any atom is -0.493 e. The molecule has 3 aromatic rings. The Hall–Kier alpha value is -3.60. The number of rotatable bonds is 6. The summed E-state index contributed by atoms with van der Waals surface area (Å²) in [6.45, 7) is 0. The summed E-state index contributed by atoms with van der Waals surface area (Å²) in [7, 11) is 3.15. The Morgan fingerprint density at radius 2 is 1.29 bits per heavy atom. The van der Waals surface area contributed by atoms with Gasteiger partial charge in [-0.3, -0.25) is 10.1 Å². The van der Waals surface area contributed by atoms with Gasteiger partial charge in [-0.15, -0.1) is 0 Å². The predicted octanol–water partition coefficient (Wildman–Crippen LogP) is 5.57. The highest BCUT2D eigenvalue weighted by Crippen LogP contribution is 2.47. The van der Waals surface area contributed by atoms with Crippen LogP contribution in [0.1, 0.15) is 34.4 Å². The summed E-state index contributed by atoms with van der Waals surface area (Å²) in [6.07, 6.45) is 4.10. The second-order valence-electron chi connectivity index (χ2n) is 7.67. The number of hydrogen-bond donors (Lipinski definition) is 0. The topological polar surface area (TPSA) is 61.6 Å². The van der Waals surface area contributed by atoms with E-state index in [0.717, 1.165) is 16.7 Å². The van der Waals surface area contributed by atoms with Gasteiger partial charge in [0.05, 0.1) is 26.1 Å². The van der Waals surface area contributed by atoms with Crippen LogP contribution < -0.4 is 9.47 Å². The lowest BCUT2D eigenvalue weighted by molar-refractivity contribution is -0.530. The Labute approximate surface area is 182 Å². The van der Waals surface area contributed by atoms with Crippen molar-refractivity contribution in [2.45, 2.75) is 23.8 Å². The first kappa shape index (κ1) is 20.7. The maximum atomic E-state index is 12.5. The van der Waals surface area contributed by atoms with E-state index in [-0.39, 0.29) is 22.7 Å². The highest BCUT2D eigenvalue weighted by molar-refractivity contribution is 5.47. The summed E-state index contributed by atoms with van der Waals surface area (Å²) >= 11 is 0. The van der Waals surface area contributed by atoms with Crippen molar-refractivity contribution in [3.63, 3.8) is 0 Å². The van der Waals surface area contributed by atoms with Gasteiger partial charge in [-0.05, 0) is 28.8 Å². The van der Waals surface area contributed by atoms with Crippen LogP contribution >= 0.6 is 0 Å². The smallest absolute Gasteiger partial charge is 0.230 e. The Morgan fingerprint density at radius 3 is 1.87 bits per heavy atom. The molecule has 4 unspecified atom stereocenters. The quantitative estimate of drug-likeness (QED) is 0.300. The highest BCUT2D eigenvalue weighted by atomic mass is 16.6. The number of methoxy groups -OCH3 is 2. The van der Waals surface area contributed by atoms with Crippen LogP contribution in [-0.4, -0.2) is 25.2 Å². The van der Waals surface area contributed by atoms with Crippen LogP contribution in [-0.2, 0) is 0 Å². The van der Waals surface area contributed by atoms with E-state index in [1.807, 2.05) is 78.9 Å². The zero-order valence-electron chi connectivity index (χ0n) is 17.5. The first-order valence-electron chi connectivity index (χ1n) is 10.3. The van der Waals surface area contributed by atoms with Crippen LogP contribution in [0.2, 0.25) is 0 Å². The summed E-state index contributed by atoms with van der Waals surface area (Å²) in [4.78, 5) is 12.4. The summed E-state index contributed by atoms with van der Waals surface area (Å²) in [5, 5.41) is 12.5. The molecular weight excluding hydrogens is 390 g/mol. The standard InChI is InChI=1S/C26H25NO4/c1-30-23-16-13-20(17-24(23)31-2)22-15-14-21(18-9-5-3-6-10-18)25(26(22)27(28)29)19-11-7-4-8-12-19/h3-17,21-22,25-26H,1-2H3. The van der Waals surface area contributed by atoms with E-state index in [0.29, 0.717) is 11.5 Å². The Morgan fingerprint density at radius 1 is 0.710 bits per heavy atom. The third kappa shape index (κ3) is 4.04. The van der Waals surface area contributed by atoms with Crippen molar-refractivity contribution in [2.24, 2.45) is 0 Å². The highest BCUT2D eigenvalue weighted by Gasteiger charge is 2.46. The van der Waals surface area contributed by atoms with Gasteiger partial charge in [0.1, 0.15) is 0 Å². The van der Waals surface area contributed by atoms with E-state index in [4.69, 9.17) is 9.47 Å². The normalized spacial score (nSPS) is 22.6. The van der Waals surface area contributed by atoms with E-state index >= 15 is 0 Å². The van der Waals surface area contributed by atoms with Crippen molar-refractivity contribution in [2.75, 3.05) is 14.2 Å². The van der Waals surface area contributed by atoms with Crippen molar-refractivity contribution in [1.29, 1.82) is 0 Å². The molecule has 0 radical (unpaired) electrons. The molecule has 0 heterocycles. The average molecular weight is 415 g/mol. The molecule has 3 aromatic carbocycles. The Bertz CT molecular complexity index is 1070. The number of nitrogens with zero attached hydrogens (tertiary/aromatic N) is 1. The molecule has 1 aliphatic carbocycles. The van der Waals surface area contributed by atoms with Gasteiger partial charge in [0.25, 0.3) is 0 Å². The molecule has 0 aliphatic heterocycles. The van der Waals surface area contributed by atoms with Gasteiger partial charge in [-0.2, -0.15) is 0 Å². The number of ether oxygens (including phenoxy) is 2. The van der Waals surface area contributed by atoms with Crippen molar-refractivity contribution in [1.82, 2.24) is 0 Å². The monoisotopic (exact) mass is 415 g/mol. The van der Waals surface area contributed by atoms with Crippen LogP contribution in [0.4, 0.5) is 0 Å². The summed E-state index contributed by atoms with van der Waals surface area (Å²) in [6, 6.07) is 24.5. The number of nitro groups is 1. The number of benzene rings is 3. The molecule has 0 fully saturated rings. The van der Waals surface area contributed by atoms with Crippen LogP contribution in [0.15, 0.2) is 91.0 Å². The van der Waals surface area contributed by atoms with E-state index in [1.54, 1.807) is 20.3 Å². The maximum Gasteiger partial charge on any atom is 0.230 e. The lowest BCUT2D eigenvalue weighted by Gasteiger charge is -2.35. The molecule has 0 N–H and O–H groups in total. The van der Waals surface area contributed by atoms with Crippen molar-refractivity contribution in [3.05, 3.63) is 118 Å². The van der Waals surface area contributed by atoms with Gasteiger partial charge in [0.2, 0.25) is 6.04 Å². The first-order valence-corrected chi connectivity index (χ1v) is 10.3. The molecule has 1 aliphatic rings. The third-order valence-corrected chi connectivity index (χ3v) is 6.05. The summed E-state index contributed by atoms with van der Waals surface area (Å²) in [5.41, 5.74) is 2.88. The van der Waals surface area contributed by atoms with E-state index < -0.39 is 6.04 Å². The lowest BCUT2D eigenvalue weighted by atomic mass is 9.68. The second-order valence-corrected chi connectivity index (χ2v) is 7.67. The molecule has 0 saturated heterocycles. The van der Waals surface area contributed by atoms with E-state index in [2.05, 4.69) is 6.08 Å². The molecule has 31 heavy (non-hydrogen) atoms. The SMILES string of the molecule is COc1ccc(C2C=CC(c3ccccc3)C(c3ccccc3)C2[N+](=O)[O-])cc1OC. The predicted molar refractivity (Wildman–Crippen MR) is 121 cm³/mol. The van der Waals surface area contributed by atoms with Crippen LogP contribution in [0.25, 0.3) is 0 Å². The first-order chi connectivity index (χ1) is 15.1. The molecule has 0 amide bonds. The fraction of sp³-hybridized carbons (Fsp3) is 0.231. The van der Waals surface area contributed by atoms with Crippen LogP contribution in [0.5, 0.6) is 11.5 Å². The van der Waals surface area contributed by atoms with Crippen molar-refractivity contribution >= 4 is 0 Å². The van der Waals surface area contributed by atoms with Crippen LogP contribution in [0, 0.1) is 10.1 Å². The maximum absolute atomic E-state index is 12.5. The summed E-state index contributed by atoms with van der Waals surface area (Å²) in [5.74, 6) is 0.388. The molecule has 0 saturated carbocycles. The second kappa shape index (κ2) is 9.04. The fourth-order valence-electron chi connectivity index (χ4n) is 4.61. The van der Waals surface area contributed by atoms with Gasteiger partial charge < -0.3 is 9.47 Å². The van der Waals surface area contributed by atoms with Gasteiger partial charge in [-0.1, -0.05) is 78.9 Å². The van der Waals surface area contributed by atoms with Gasteiger partial charge in [-0.25, -0.2) is 0 Å². The zero-order chi connectivity index (χ0) is 21.8.